The molecular formula is C58H88N4O9S2. The van der Waals surface area contributed by atoms with Crippen molar-refractivity contribution in [3.63, 3.8) is 0 Å². The molecule has 2 amide bonds. The number of carbonyl (C=O) groups is 4. The molecular weight excluding hydrogens is 961 g/mol. The molecule has 3 aliphatic heterocycles. The number of aliphatic hydroxyl groups excluding tert-OH is 4. The van der Waals surface area contributed by atoms with Gasteiger partial charge >= 0.3 is 0 Å². The van der Waals surface area contributed by atoms with Gasteiger partial charge in [-0.15, -0.1) is 35.8 Å². The van der Waals surface area contributed by atoms with Crippen molar-refractivity contribution in [1.82, 2.24) is 20.6 Å². The van der Waals surface area contributed by atoms with Crippen LogP contribution in [0.3, 0.4) is 0 Å². The van der Waals surface area contributed by atoms with E-state index in [-0.39, 0.29) is 84.7 Å². The number of nitrogens with zero attached hydrogens (tertiary/aromatic N) is 2. The number of allylic oxidation sites excluding steroid dienone is 3. The lowest BCUT2D eigenvalue weighted by molar-refractivity contribution is -0.145. The SMILES string of the molecule is C=CC[C@@]1(C)C(=O)[C@H](C)[C@@H](O)[C@@H](C)CCC/C(C)=C\C[C@@H](/C(C)=C/c2csc(C)n2)NC(=O)C[C@@H]1O.C=CC[C@@]1(C)C(=O)[C@H](C)[C@@H](O)[C@@H](C)CCC[C@@]2(C)O[C@H]2C[C@@H](/C(C)=C/c2csc(C)n2)NC(=O)C[C@@H]1O. The van der Waals surface area contributed by atoms with Crippen molar-refractivity contribution in [2.75, 3.05) is 0 Å². The van der Waals surface area contributed by atoms with E-state index in [0.717, 1.165) is 71.1 Å². The quantitative estimate of drug-likeness (QED) is 0.108. The minimum atomic E-state index is -1.23. The number of epoxide rings is 1. The van der Waals surface area contributed by atoms with Gasteiger partial charge in [0.1, 0.15) is 11.6 Å². The molecule has 5 heterocycles. The van der Waals surface area contributed by atoms with E-state index in [1.54, 1.807) is 62.5 Å². The van der Waals surface area contributed by atoms with Gasteiger partial charge in [-0.05, 0) is 142 Å². The summed E-state index contributed by atoms with van der Waals surface area (Å²) < 4.78 is 6.12. The third kappa shape index (κ3) is 16.8. The summed E-state index contributed by atoms with van der Waals surface area (Å²) in [5.74, 6) is -2.62. The standard InChI is InChI=1S/C29H44N2O5S.C29H44N2O4S/c1-8-11-28(6)23(32)15-25(33)31-22(18(3)13-21-16-37-20(5)30-21)14-24-29(7,36-24)12-9-10-17(2)26(34)19(4)27(28)35;1-8-14-29(7)25(32)16-26(33)31-24(20(4)15-23-17-36-22(6)30-23)13-12-18(2)10-9-11-19(3)27(34)21(5)28(29)35/h8,13,16-17,19,22-24,26,32,34H,1,9-12,14-15H2,2-7H3,(H,31,33);8,12,15,17,19,21,24-25,27,32,34H,1,9-11,13-14,16H2,2-7H3,(H,31,33)/b18-13+;18-12-,20-15+/t17-,19+,22-,23-,24-,26-,28+,29+;19-,21+,24-,25-,27-,29+/m00/s1. The molecule has 2 saturated heterocycles. The summed E-state index contributed by atoms with van der Waals surface area (Å²) in [5.41, 5.74) is 2.16. The van der Waals surface area contributed by atoms with E-state index in [0.29, 0.717) is 12.8 Å². The number of ether oxygens (including phenoxy) is 1. The van der Waals surface area contributed by atoms with Crippen molar-refractivity contribution in [2.45, 2.75) is 208 Å². The first-order valence-electron chi connectivity index (χ1n) is 26.3. The van der Waals surface area contributed by atoms with Crippen molar-refractivity contribution in [1.29, 1.82) is 0 Å². The Morgan fingerprint density at radius 3 is 1.60 bits per heavy atom. The van der Waals surface area contributed by atoms with Crippen LogP contribution in [0.15, 0.2) is 58.9 Å². The fraction of sp³-hybridized carbons (Fsp3) is 0.655. The molecule has 13 nitrogen and oxygen atoms in total. The van der Waals surface area contributed by atoms with Crippen LogP contribution in [-0.4, -0.2) is 102 Å². The summed E-state index contributed by atoms with van der Waals surface area (Å²) in [4.78, 5) is 62.5. The number of fused-ring (bicyclic) bond motifs is 1. The van der Waals surface area contributed by atoms with E-state index >= 15 is 0 Å². The first-order chi connectivity index (χ1) is 34.2. The number of rotatable bonds is 8. The molecule has 0 aliphatic carbocycles. The van der Waals surface area contributed by atoms with Gasteiger partial charge in [0.15, 0.2) is 0 Å². The van der Waals surface area contributed by atoms with Gasteiger partial charge in [0.05, 0.1) is 93.3 Å². The van der Waals surface area contributed by atoms with E-state index in [4.69, 9.17) is 4.74 Å². The van der Waals surface area contributed by atoms with Gasteiger partial charge in [0.2, 0.25) is 11.8 Å². The van der Waals surface area contributed by atoms with Crippen LogP contribution >= 0.6 is 22.7 Å². The Morgan fingerprint density at radius 1 is 0.726 bits per heavy atom. The summed E-state index contributed by atoms with van der Waals surface area (Å²) in [6.07, 6.45) is 11.6. The average molecular weight is 1050 g/mol. The molecule has 2 fully saturated rings. The van der Waals surface area contributed by atoms with Crippen LogP contribution < -0.4 is 10.6 Å². The third-order valence-electron chi connectivity index (χ3n) is 16.1. The Labute approximate surface area is 444 Å². The second-order valence-corrected chi connectivity index (χ2v) is 24.5. The molecule has 3 aliphatic rings. The van der Waals surface area contributed by atoms with E-state index in [9.17, 15) is 39.6 Å². The molecule has 15 heteroatoms. The van der Waals surface area contributed by atoms with Gasteiger partial charge < -0.3 is 35.8 Å². The number of nitrogens with one attached hydrogen (secondary N) is 2. The first kappa shape index (κ1) is 61.6. The maximum absolute atomic E-state index is 13.6. The van der Waals surface area contributed by atoms with Gasteiger partial charge in [-0.25, -0.2) is 9.97 Å². The summed E-state index contributed by atoms with van der Waals surface area (Å²) in [5, 5.41) is 56.3. The van der Waals surface area contributed by atoms with Crippen molar-refractivity contribution < 1.29 is 44.3 Å². The highest BCUT2D eigenvalue weighted by molar-refractivity contribution is 7.09. The molecule has 0 aromatic carbocycles. The monoisotopic (exact) mass is 1050 g/mol. The molecule has 0 saturated carbocycles. The van der Waals surface area contributed by atoms with Gasteiger partial charge in [-0.2, -0.15) is 0 Å². The molecule has 0 bridgehead atoms. The number of aryl methyl sites for hydroxylation is 2. The minimum absolute atomic E-state index is 0.00270. The highest BCUT2D eigenvalue weighted by Crippen LogP contribution is 2.45. The van der Waals surface area contributed by atoms with Crippen molar-refractivity contribution in [2.24, 2.45) is 34.5 Å². The summed E-state index contributed by atoms with van der Waals surface area (Å²) >= 11 is 3.15. The second-order valence-electron chi connectivity index (χ2n) is 22.3. The van der Waals surface area contributed by atoms with Crippen LogP contribution in [0.25, 0.3) is 12.2 Å². The number of amides is 2. The molecule has 2 aromatic rings. The van der Waals surface area contributed by atoms with E-state index in [2.05, 4.69) is 53.7 Å². The summed E-state index contributed by atoms with van der Waals surface area (Å²) in [7, 11) is 0. The van der Waals surface area contributed by atoms with E-state index in [1.807, 2.05) is 64.5 Å². The Morgan fingerprint density at radius 2 is 1.16 bits per heavy atom. The maximum Gasteiger partial charge on any atom is 0.223 e. The largest absolute Gasteiger partial charge is 0.392 e. The molecule has 0 spiro atoms. The minimum Gasteiger partial charge on any atom is -0.392 e. The Bertz CT molecular complexity index is 2320. The lowest BCUT2D eigenvalue weighted by Gasteiger charge is -2.37. The van der Waals surface area contributed by atoms with Crippen LogP contribution in [0.4, 0.5) is 0 Å². The predicted octanol–water partition coefficient (Wildman–Crippen LogP) is 10.0. The number of carbonyl (C=O) groups excluding carboxylic acids is 4. The smallest absolute Gasteiger partial charge is 0.223 e. The lowest BCUT2D eigenvalue weighted by Crippen LogP contribution is -2.48. The Hall–Kier alpha value is -3.96. The predicted molar refractivity (Wildman–Crippen MR) is 295 cm³/mol. The van der Waals surface area contributed by atoms with Crippen LogP contribution in [0, 0.1) is 48.3 Å². The van der Waals surface area contributed by atoms with Crippen LogP contribution in [0.2, 0.25) is 0 Å². The fourth-order valence-corrected chi connectivity index (χ4v) is 11.7. The van der Waals surface area contributed by atoms with Crippen LogP contribution in [-0.2, 0) is 23.9 Å². The number of hydrogen-bond acceptors (Lipinski definition) is 13. The maximum atomic E-state index is 13.6. The van der Waals surface area contributed by atoms with Gasteiger partial charge in [-0.3, -0.25) is 19.2 Å². The Balaban J connectivity index is 0.000000317. The second kappa shape index (κ2) is 27.2. The molecule has 14 atom stereocenters. The summed E-state index contributed by atoms with van der Waals surface area (Å²) in [6, 6.07) is -0.543. The highest BCUT2D eigenvalue weighted by atomic mass is 32.1. The molecule has 73 heavy (non-hydrogen) atoms. The lowest BCUT2D eigenvalue weighted by atomic mass is 9.69. The van der Waals surface area contributed by atoms with Gasteiger partial charge in [-0.1, -0.05) is 57.9 Å². The van der Waals surface area contributed by atoms with Gasteiger partial charge in [0, 0.05) is 29.0 Å². The molecule has 2 aromatic heterocycles. The highest BCUT2D eigenvalue weighted by Gasteiger charge is 2.53. The number of hydrogen-bond donors (Lipinski definition) is 6. The van der Waals surface area contributed by atoms with E-state index in [1.165, 1.54) is 5.57 Å². The first-order valence-corrected chi connectivity index (χ1v) is 28.1. The molecule has 6 N–H and O–H groups in total. The Kier molecular flexibility index (Phi) is 22.9. The summed E-state index contributed by atoms with van der Waals surface area (Å²) in [6.45, 7) is 30.3. The topological polar surface area (TPSA) is 212 Å². The zero-order chi connectivity index (χ0) is 54.6. The molecule has 406 valence electrons. The van der Waals surface area contributed by atoms with Crippen molar-refractivity contribution >= 4 is 58.2 Å². The molecule has 0 unspecified atom stereocenters. The molecule has 5 rings (SSSR count). The van der Waals surface area contributed by atoms with Crippen LogP contribution in [0.5, 0.6) is 0 Å². The number of aromatic nitrogens is 2. The normalized spacial score (nSPS) is 36.1. The average Bonchev–Trinajstić information content (AvgIpc) is 3.54. The zero-order valence-corrected chi connectivity index (χ0v) is 47.5. The zero-order valence-electron chi connectivity index (χ0n) is 45.8. The molecule has 0 radical (unpaired) electrons. The number of thiazole rings is 2. The third-order valence-corrected chi connectivity index (χ3v) is 17.6. The fourth-order valence-electron chi connectivity index (χ4n) is 10.6. The number of aliphatic hydroxyl groups is 4. The van der Waals surface area contributed by atoms with Crippen molar-refractivity contribution in [3.05, 3.63) is 80.3 Å². The van der Waals surface area contributed by atoms with E-state index < -0.39 is 47.1 Å². The van der Waals surface area contributed by atoms with Gasteiger partial charge in [0.25, 0.3) is 0 Å². The number of Topliss-reactive ketones (excluding diaryl/α,β-unsaturated/α-hetero) is 2. The van der Waals surface area contributed by atoms with Crippen LogP contribution in [0.1, 0.15) is 168 Å². The number of ketones is 2. The van der Waals surface area contributed by atoms with Crippen molar-refractivity contribution in [3.8, 4) is 0 Å².